The number of pyridine rings is 1. The summed E-state index contributed by atoms with van der Waals surface area (Å²) in [5.41, 5.74) is 3.24. The van der Waals surface area contributed by atoms with Crippen LogP contribution in [0.2, 0.25) is 0 Å². The molecule has 2 aromatic heterocycles. The molecule has 2 heterocycles. The third-order valence-corrected chi connectivity index (χ3v) is 7.22. The van der Waals surface area contributed by atoms with Crippen LogP contribution in [0.3, 0.4) is 0 Å². The van der Waals surface area contributed by atoms with Crippen LogP contribution in [0.5, 0.6) is 0 Å². The Kier molecular flexibility index (Phi) is 4.04. The van der Waals surface area contributed by atoms with E-state index in [1.807, 2.05) is 18.2 Å². The van der Waals surface area contributed by atoms with E-state index in [1.165, 1.54) is 16.8 Å². The number of nitrogens with zero attached hydrogens (tertiary/aromatic N) is 3. The van der Waals surface area contributed by atoms with Gasteiger partial charge in [-0.3, -0.25) is 9.78 Å². The second-order valence-electron chi connectivity index (χ2n) is 9.06. The first-order valence-electron chi connectivity index (χ1n) is 10.8. The summed E-state index contributed by atoms with van der Waals surface area (Å²) < 4.78 is 29.4. The van der Waals surface area contributed by atoms with Gasteiger partial charge < -0.3 is 5.32 Å². The number of fused-ring (bicyclic) bond motifs is 3. The van der Waals surface area contributed by atoms with Crippen molar-refractivity contribution in [2.75, 3.05) is 6.54 Å². The maximum Gasteiger partial charge on any atom is 0.272 e. The molecule has 1 aromatic carbocycles. The summed E-state index contributed by atoms with van der Waals surface area (Å²) in [5.74, 6) is -0.737. The number of benzene rings is 1. The average Bonchev–Trinajstić information content (AvgIpc) is 3.24. The molecule has 0 aliphatic heterocycles. The van der Waals surface area contributed by atoms with Crippen LogP contribution in [0.1, 0.15) is 59.0 Å². The maximum absolute atomic E-state index is 14.5. The largest absolute Gasteiger partial charge is 0.350 e. The molecule has 6 rings (SSSR count). The van der Waals surface area contributed by atoms with Crippen molar-refractivity contribution >= 4 is 5.91 Å². The number of hydrogen-bond acceptors (Lipinski definition) is 3. The van der Waals surface area contributed by atoms with Gasteiger partial charge >= 0.3 is 0 Å². The molecule has 5 nitrogen and oxygen atoms in total. The standard InChI is InChI=1S/C24H22F2N4O/c25-15-5-6-19(18(26)12-15)30-22-16-10-14(16)11-17(22)21(29-30)23(31)28-13-24(7-3-8-24)20-4-1-2-9-27-20/h1-2,4-6,9,12,14,16H,3,7-8,10-11,13H2,(H,28,31)/t14-,16-/m1/s1. The number of hydrogen-bond donors (Lipinski definition) is 1. The predicted molar refractivity (Wildman–Crippen MR) is 110 cm³/mol. The minimum atomic E-state index is -0.676. The smallest absolute Gasteiger partial charge is 0.272 e. The zero-order valence-electron chi connectivity index (χ0n) is 16.9. The van der Waals surface area contributed by atoms with E-state index < -0.39 is 11.6 Å². The Morgan fingerprint density at radius 3 is 2.81 bits per heavy atom. The van der Waals surface area contributed by atoms with Gasteiger partial charge in [-0.2, -0.15) is 5.10 Å². The first kappa shape index (κ1) is 18.7. The molecule has 3 aliphatic carbocycles. The maximum atomic E-state index is 14.5. The number of carbonyl (C=O) groups is 1. The van der Waals surface area contributed by atoms with Gasteiger partial charge in [-0.05, 0) is 55.9 Å². The van der Waals surface area contributed by atoms with E-state index in [9.17, 15) is 13.6 Å². The zero-order valence-corrected chi connectivity index (χ0v) is 16.9. The quantitative estimate of drug-likeness (QED) is 0.677. The third-order valence-electron chi connectivity index (χ3n) is 7.22. The Labute approximate surface area is 178 Å². The molecule has 1 amide bonds. The van der Waals surface area contributed by atoms with Crippen LogP contribution in [-0.4, -0.2) is 27.2 Å². The van der Waals surface area contributed by atoms with Gasteiger partial charge in [0, 0.05) is 41.4 Å². The van der Waals surface area contributed by atoms with Crippen LogP contribution in [0.4, 0.5) is 8.78 Å². The molecule has 7 heteroatoms. The van der Waals surface area contributed by atoms with Gasteiger partial charge in [-0.1, -0.05) is 12.5 Å². The van der Waals surface area contributed by atoms with Gasteiger partial charge in [0.2, 0.25) is 0 Å². The fourth-order valence-electron chi connectivity index (χ4n) is 5.27. The Balaban J connectivity index is 1.30. The van der Waals surface area contributed by atoms with Crippen LogP contribution >= 0.6 is 0 Å². The Hall–Kier alpha value is -3.09. The molecule has 0 spiro atoms. The van der Waals surface area contributed by atoms with E-state index >= 15 is 0 Å². The summed E-state index contributed by atoms with van der Waals surface area (Å²) in [6.45, 7) is 0.502. The van der Waals surface area contributed by atoms with Gasteiger partial charge in [0.05, 0.1) is 5.69 Å². The first-order valence-corrected chi connectivity index (χ1v) is 10.8. The van der Waals surface area contributed by atoms with Gasteiger partial charge in [0.1, 0.15) is 11.5 Å². The number of nitrogens with one attached hydrogen (secondary N) is 1. The van der Waals surface area contributed by atoms with Gasteiger partial charge in [-0.15, -0.1) is 0 Å². The Morgan fingerprint density at radius 1 is 1.23 bits per heavy atom. The van der Waals surface area contributed by atoms with Crippen molar-refractivity contribution in [1.82, 2.24) is 20.1 Å². The Morgan fingerprint density at radius 2 is 2.10 bits per heavy atom. The van der Waals surface area contributed by atoms with Crippen LogP contribution in [-0.2, 0) is 11.8 Å². The van der Waals surface area contributed by atoms with E-state index in [0.29, 0.717) is 24.1 Å². The van der Waals surface area contributed by atoms with Gasteiger partial charge in [-0.25, -0.2) is 13.5 Å². The number of carbonyl (C=O) groups excluding carboxylic acids is 1. The first-order chi connectivity index (χ1) is 15.1. The molecule has 0 saturated heterocycles. The van der Waals surface area contributed by atoms with Crippen molar-refractivity contribution in [3.05, 3.63) is 76.9 Å². The number of rotatable bonds is 5. The molecule has 1 N–H and O–H groups in total. The van der Waals surface area contributed by atoms with Crippen LogP contribution in [0, 0.1) is 17.6 Å². The van der Waals surface area contributed by atoms with E-state index in [4.69, 9.17) is 0 Å². The normalized spacial score (nSPS) is 22.4. The molecular weight excluding hydrogens is 398 g/mol. The lowest BCUT2D eigenvalue weighted by atomic mass is 9.66. The van der Waals surface area contributed by atoms with E-state index in [1.54, 1.807) is 6.20 Å². The summed E-state index contributed by atoms with van der Waals surface area (Å²) in [6.07, 6.45) is 6.70. The number of amides is 1. The second kappa shape index (κ2) is 6.70. The highest BCUT2D eigenvalue weighted by Crippen LogP contribution is 2.57. The molecular formula is C24H22F2N4O. The van der Waals surface area contributed by atoms with Crippen molar-refractivity contribution in [3.63, 3.8) is 0 Å². The fourth-order valence-corrected chi connectivity index (χ4v) is 5.27. The second-order valence-corrected chi connectivity index (χ2v) is 9.06. The third kappa shape index (κ3) is 2.90. The highest BCUT2D eigenvalue weighted by atomic mass is 19.1. The zero-order chi connectivity index (χ0) is 21.2. The molecule has 0 radical (unpaired) electrons. The van der Waals surface area contributed by atoms with Crippen LogP contribution in [0.25, 0.3) is 5.69 Å². The molecule has 3 aromatic rings. The number of aromatic nitrogens is 3. The molecule has 158 valence electrons. The molecule has 2 atom stereocenters. The SMILES string of the molecule is O=C(NCC1(c2ccccn2)CCC1)c1nn(-c2ccc(F)cc2F)c2c1C[C@H]1C[C@@H]21. The van der Waals surface area contributed by atoms with Gasteiger partial charge in [0.15, 0.2) is 11.5 Å². The van der Waals surface area contributed by atoms with Crippen molar-refractivity contribution in [1.29, 1.82) is 0 Å². The van der Waals surface area contributed by atoms with Crippen molar-refractivity contribution in [2.24, 2.45) is 5.92 Å². The fraction of sp³-hybridized carbons (Fsp3) is 0.375. The minimum Gasteiger partial charge on any atom is -0.350 e. The molecule has 2 fully saturated rings. The molecule has 3 aliphatic rings. The average molecular weight is 420 g/mol. The highest BCUT2D eigenvalue weighted by molar-refractivity contribution is 5.94. The lowest BCUT2D eigenvalue weighted by Crippen LogP contribution is -2.46. The minimum absolute atomic E-state index is 0.131. The predicted octanol–water partition coefficient (Wildman–Crippen LogP) is 4.06. The van der Waals surface area contributed by atoms with E-state index in [2.05, 4.69) is 15.4 Å². The summed E-state index contributed by atoms with van der Waals surface area (Å²) in [4.78, 5) is 17.7. The lowest BCUT2D eigenvalue weighted by Gasteiger charge is -2.41. The van der Waals surface area contributed by atoms with Crippen molar-refractivity contribution < 1.29 is 13.6 Å². The lowest BCUT2D eigenvalue weighted by molar-refractivity contribution is 0.0920. The molecule has 0 bridgehead atoms. The highest BCUT2D eigenvalue weighted by Gasteiger charge is 2.50. The Bertz CT molecular complexity index is 1190. The summed E-state index contributed by atoms with van der Waals surface area (Å²) in [5, 5.41) is 7.59. The molecule has 31 heavy (non-hydrogen) atoms. The van der Waals surface area contributed by atoms with Crippen molar-refractivity contribution in [2.45, 2.75) is 43.4 Å². The topological polar surface area (TPSA) is 59.8 Å². The summed E-state index contributed by atoms with van der Waals surface area (Å²) in [7, 11) is 0. The van der Waals surface area contributed by atoms with E-state index in [-0.39, 0.29) is 17.0 Å². The van der Waals surface area contributed by atoms with Crippen LogP contribution in [0.15, 0.2) is 42.6 Å². The monoisotopic (exact) mass is 420 g/mol. The summed E-state index contributed by atoms with van der Waals surface area (Å²) >= 11 is 0. The molecule has 0 unspecified atom stereocenters. The molecule has 2 saturated carbocycles. The van der Waals surface area contributed by atoms with Crippen molar-refractivity contribution in [3.8, 4) is 5.69 Å². The number of halogens is 2. The van der Waals surface area contributed by atoms with E-state index in [0.717, 1.165) is 55.1 Å². The van der Waals surface area contributed by atoms with Crippen LogP contribution < -0.4 is 5.32 Å². The summed E-state index contributed by atoms with van der Waals surface area (Å²) in [6, 6.07) is 9.35. The van der Waals surface area contributed by atoms with Gasteiger partial charge in [0.25, 0.3) is 5.91 Å².